The standard InChI is InChI=1S/C11H25N3O2S/c1-6-12-8-7-9-13(4)17(15,16)14(5)10-11(2)3/h12H,2,6-10H2,1,3-5H3. The van der Waals surface area contributed by atoms with Crippen LogP contribution in [0.5, 0.6) is 0 Å². The highest BCUT2D eigenvalue weighted by Crippen LogP contribution is 2.06. The molecular formula is C11H25N3O2S. The first-order chi connectivity index (χ1) is 7.82. The molecule has 0 saturated heterocycles. The second-order valence-electron chi connectivity index (χ2n) is 4.25. The molecule has 0 radical (unpaired) electrons. The Bertz CT molecular complexity index is 328. The van der Waals surface area contributed by atoms with Gasteiger partial charge in [-0.1, -0.05) is 19.1 Å². The zero-order valence-corrected chi connectivity index (χ0v) is 12.2. The van der Waals surface area contributed by atoms with Gasteiger partial charge in [0.15, 0.2) is 0 Å². The van der Waals surface area contributed by atoms with E-state index in [1.807, 2.05) is 13.8 Å². The van der Waals surface area contributed by atoms with E-state index in [4.69, 9.17) is 0 Å². The minimum atomic E-state index is -3.34. The lowest BCUT2D eigenvalue weighted by molar-refractivity contribution is 0.397. The van der Waals surface area contributed by atoms with Crippen LogP contribution in [0.2, 0.25) is 0 Å². The van der Waals surface area contributed by atoms with Gasteiger partial charge in [0, 0.05) is 27.2 Å². The Kier molecular flexibility index (Phi) is 7.61. The van der Waals surface area contributed by atoms with E-state index in [2.05, 4.69) is 11.9 Å². The molecular weight excluding hydrogens is 238 g/mol. The van der Waals surface area contributed by atoms with Crippen molar-refractivity contribution >= 4 is 10.2 Å². The predicted molar refractivity (Wildman–Crippen MR) is 72.2 cm³/mol. The van der Waals surface area contributed by atoms with Crippen molar-refractivity contribution in [3.8, 4) is 0 Å². The monoisotopic (exact) mass is 263 g/mol. The maximum Gasteiger partial charge on any atom is 0.281 e. The van der Waals surface area contributed by atoms with Gasteiger partial charge in [0.25, 0.3) is 10.2 Å². The quantitative estimate of drug-likeness (QED) is 0.491. The molecule has 17 heavy (non-hydrogen) atoms. The summed E-state index contributed by atoms with van der Waals surface area (Å²) in [7, 11) is -0.162. The van der Waals surface area contributed by atoms with Crippen LogP contribution < -0.4 is 5.32 Å². The van der Waals surface area contributed by atoms with E-state index >= 15 is 0 Å². The average molecular weight is 263 g/mol. The number of likely N-dealkylation sites (N-methyl/N-ethyl adjacent to an activating group) is 1. The molecule has 0 atom stereocenters. The molecule has 0 aromatic rings. The summed E-state index contributed by atoms with van der Waals surface area (Å²) in [5.41, 5.74) is 0.831. The molecule has 1 N–H and O–H groups in total. The lowest BCUT2D eigenvalue weighted by Crippen LogP contribution is -2.41. The topological polar surface area (TPSA) is 52.7 Å². The van der Waals surface area contributed by atoms with E-state index in [-0.39, 0.29) is 0 Å². The van der Waals surface area contributed by atoms with Crippen molar-refractivity contribution in [1.82, 2.24) is 13.9 Å². The van der Waals surface area contributed by atoms with Gasteiger partial charge in [-0.3, -0.25) is 0 Å². The number of nitrogens with one attached hydrogen (secondary N) is 1. The van der Waals surface area contributed by atoms with Gasteiger partial charge in [-0.15, -0.1) is 0 Å². The van der Waals surface area contributed by atoms with Crippen LogP contribution in [0.3, 0.4) is 0 Å². The minimum absolute atomic E-state index is 0.361. The molecule has 0 heterocycles. The van der Waals surface area contributed by atoms with Gasteiger partial charge in [-0.25, -0.2) is 0 Å². The first-order valence-electron chi connectivity index (χ1n) is 5.85. The Morgan fingerprint density at radius 1 is 1.29 bits per heavy atom. The Labute approximate surface area is 106 Å². The van der Waals surface area contributed by atoms with Crippen LogP contribution in [-0.4, -0.2) is 57.3 Å². The largest absolute Gasteiger partial charge is 0.317 e. The van der Waals surface area contributed by atoms with Gasteiger partial charge >= 0.3 is 0 Å². The third kappa shape index (κ3) is 6.16. The van der Waals surface area contributed by atoms with E-state index in [9.17, 15) is 8.42 Å². The van der Waals surface area contributed by atoms with Crippen LogP contribution in [0.4, 0.5) is 0 Å². The molecule has 0 aliphatic rings. The van der Waals surface area contributed by atoms with Crippen LogP contribution in [0.15, 0.2) is 12.2 Å². The predicted octanol–water partition coefficient (Wildman–Crippen LogP) is 0.671. The van der Waals surface area contributed by atoms with Crippen molar-refractivity contribution < 1.29 is 8.42 Å². The van der Waals surface area contributed by atoms with E-state index in [1.165, 1.54) is 8.61 Å². The van der Waals surface area contributed by atoms with Crippen LogP contribution in [-0.2, 0) is 10.2 Å². The number of hydrogen-bond donors (Lipinski definition) is 1. The highest BCUT2D eigenvalue weighted by Gasteiger charge is 2.22. The Morgan fingerprint density at radius 3 is 2.35 bits per heavy atom. The molecule has 0 aromatic carbocycles. The van der Waals surface area contributed by atoms with Crippen molar-refractivity contribution in [3.05, 3.63) is 12.2 Å². The molecule has 0 bridgehead atoms. The van der Waals surface area contributed by atoms with Gasteiger partial charge in [0.2, 0.25) is 0 Å². The summed E-state index contributed by atoms with van der Waals surface area (Å²) < 4.78 is 26.7. The number of nitrogens with zero attached hydrogens (tertiary/aromatic N) is 2. The molecule has 0 unspecified atom stereocenters. The summed E-state index contributed by atoms with van der Waals surface area (Å²) in [4.78, 5) is 0. The molecule has 0 aliphatic carbocycles. The Morgan fingerprint density at radius 2 is 1.88 bits per heavy atom. The second-order valence-corrected chi connectivity index (χ2v) is 6.39. The summed E-state index contributed by atoms with van der Waals surface area (Å²) in [6.45, 7) is 10.2. The summed E-state index contributed by atoms with van der Waals surface area (Å²) in [5.74, 6) is 0. The van der Waals surface area contributed by atoms with Crippen molar-refractivity contribution in [2.24, 2.45) is 0 Å². The van der Waals surface area contributed by atoms with Crippen molar-refractivity contribution in [2.75, 3.05) is 40.3 Å². The van der Waals surface area contributed by atoms with Gasteiger partial charge in [0.1, 0.15) is 0 Å². The van der Waals surface area contributed by atoms with E-state index in [0.717, 1.165) is 25.1 Å². The molecule has 0 aromatic heterocycles. The molecule has 102 valence electrons. The molecule has 0 saturated carbocycles. The zero-order chi connectivity index (χ0) is 13.5. The van der Waals surface area contributed by atoms with Crippen molar-refractivity contribution in [2.45, 2.75) is 20.3 Å². The lowest BCUT2D eigenvalue weighted by atomic mass is 10.4. The van der Waals surface area contributed by atoms with Crippen LogP contribution in [0.1, 0.15) is 20.3 Å². The van der Waals surface area contributed by atoms with E-state index in [1.54, 1.807) is 14.1 Å². The smallest absolute Gasteiger partial charge is 0.281 e. The molecule has 0 spiro atoms. The molecule has 6 heteroatoms. The first kappa shape index (κ1) is 16.6. The van der Waals surface area contributed by atoms with Gasteiger partial charge < -0.3 is 5.32 Å². The maximum atomic E-state index is 12.0. The first-order valence-corrected chi connectivity index (χ1v) is 7.24. The van der Waals surface area contributed by atoms with Gasteiger partial charge in [-0.2, -0.15) is 17.0 Å². The SMILES string of the molecule is C=C(C)CN(C)S(=O)(=O)N(C)CCCNCC. The van der Waals surface area contributed by atoms with Crippen LogP contribution in [0, 0.1) is 0 Å². The van der Waals surface area contributed by atoms with Gasteiger partial charge in [0.05, 0.1) is 0 Å². The Hall–Kier alpha value is -0.430. The summed E-state index contributed by atoms with van der Waals surface area (Å²) in [6, 6.07) is 0. The lowest BCUT2D eigenvalue weighted by Gasteiger charge is -2.24. The third-order valence-electron chi connectivity index (χ3n) is 2.36. The summed E-state index contributed by atoms with van der Waals surface area (Å²) in [6.07, 6.45) is 0.810. The summed E-state index contributed by atoms with van der Waals surface area (Å²) in [5, 5.41) is 3.17. The van der Waals surface area contributed by atoms with E-state index in [0.29, 0.717) is 13.1 Å². The minimum Gasteiger partial charge on any atom is -0.317 e. The fourth-order valence-electron chi connectivity index (χ4n) is 1.42. The normalized spacial score (nSPS) is 12.4. The van der Waals surface area contributed by atoms with Crippen LogP contribution >= 0.6 is 0 Å². The highest BCUT2D eigenvalue weighted by molar-refractivity contribution is 7.86. The second kappa shape index (κ2) is 7.81. The summed E-state index contributed by atoms with van der Waals surface area (Å²) >= 11 is 0. The van der Waals surface area contributed by atoms with E-state index < -0.39 is 10.2 Å². The molecule has 0 fully saturated rings. The number of hydrogen-bond acceptors (Lipinski definition) is 3. The van der Waals surface area contributed by atoms with Crippen molar-refractivity contribution in [3.63, 3.8) is 0 Å². The van der Waals surface area contributed by atoms with Crippen molar-refractivity contribution in [1.29, 1.82) is 0 Å². The third-order valence-corrected chi connectivity index (χ3v) is 4.24. The molecule has 0 aliphatic heterocycles. The molecule has 0 rings (SSSR count). The maximum absolute atomic E-state index is 12.0. The highest BCUT2D eigenvalue weighted by atomic mass is 32.2. The Balaban J connectivity index is 4.24. The molecule has 5 nitrogen and oxygen atoms in total. The fraction of sp³-hybridized carbons (Fsp3) is 0.818. The number of rotatable bonds is 9. The molecule has 0 amide bonds. The zero-order valence-electron chi connectivity index (χ0n) is 11.4. The van der Waals surface area contributed by atoms with Crippen LogP contribution in [0.25, 0.3) is 0 Å². The average Bonchev–Trinajstić information content (AvgIpc) is 2.23. The fourth-order valence-corrected chi connectivity index (χ4v) is 2.64. The van der Waals surface area contributed by atoms with Gasteiger partial charge in [-0.05, 0) is 26.4 Å².